The average molecular weight is 561 g/mol. The van der Waals surface area contributed by atoms with E-state index in [1.54, 1.807) is 24.3 Å². The van der Waals surface area contributed by atoms with E-state index in [1.165, 1.54) is 18.7 Å². The molecule has 204 valence electrons. The number of alkyl halides is 3. The number of amides is 1. The quantitative estimate of drug-likeness (QED) is 0.531. The molecule has 1 aliphatic heterocycles. The monoisotopic (exact) mass is 560 g/mol. The van der Waals surface area contributed by atoms with Crippen LogP contribution in [0.3, 0.4) is 0 Å². The third-order valence-corrected chi connectivity index (χ3v) is 10.2. The summed E-state index contributed by atoms with van der Waals surface area (Å²) in [4.78, 5) is 14.4. The van der Waals surface area contributed by atoms with Crippen molar-refractivity contribution in [3.05, 3.63) is 65.7 Å². The minimum Gasteiger partial charge on any atom is -0.341 e. The Balaban J connectivity index is 1.75. The number of carbonyl (C=O) groups is 1. The molecule has 0 saturated carbocycles. The summed E-state index contributed by atoms with van der Waals surface area (Å²) in [6.45, 7) is 3.38. The molecule has 2 aromatic carbocycles. The van der Waals surface area contributed by atoms with Gasteiger partial charge in [0.05, 0.1) is 21.5 Å². The maximum Gasteiger partial charge on any atom is 0.416 e. The molecule has 3 rings (SSSR count). The maximum atomic E-state index is 13.4. The number of halogens is 3. The number of sulfone groups is 1. The Hall–Kier alpha value is -2.44. The van der Waals surface area contributed by atoms with Crippen LogP contribution in [0.25, 0.3) is 0 Å². The topological polar surface area (TPSA) is 101 Å². The lowest BCUT2D eigenvalue weighted by Crippen LogP contribution is -2.53. The van der Waals surface area contributed by atoms with E-state index in [-0.39, 0.29) is 19.5 Å². The number of piperidine rings is 1. The third-order valence-electron chi connectivity index (χ3n) is 6.89. The van der Waals surface area contributed by atoms with Crippen LogP contribution < -0.4 is 4.72 Å². The molecule has 2 aromatic rings. The minimum atomic E-state index is -4.67. The van der Waals surface area contributed by atoms with Crippen LogP contribution in [-0.2, 0) is 37.3 Å². The van der Waals surface area contributed by atoms with E-state index in [1.807, 2.05) is 6.07 Å². The highest BCUT2D eigenvalue weighted by atomic mass is 32.2. The second-order valence-electron chi connectivity index (χ2n) is 9.86. The smallest absolute Gasteiger partial charge is 0.341 e. The minimum absolute atomic E-state index is 0.155. The highest BCUT2D eigenvalue weighted by Crippen LogP contribution is 2.39. The molecular weight excluding hydrogens is 529 g/mol. The summed E-state index contributed by atoms with van der Waals surface area (Å²) in [6, 6.07) is 11.7. The van der Waals surface area contributed by atoms with E-state index in [9.17, 15) is 34.8 Å². The molecule has 12 heteroatoms. The second-order valence-corrected chi connectivity index (χ2v) is 14.2. The normalized spacial score (nSPS) is 17.0. The number of hydrogen-bond donors (Lipinski definition) is 1. The largest absolute Gasteiger partial charge is 0.416 e. The number of hydrogen-bond acceptors (Lipinski definition) is 5. The lowest BCUT2D eigenvalue weighted by Gasteiger charge is -2.41. The molecule has 1 saturated heterocycles. The molecular formula is C25H31F3N2O5S2. The van der Waals surface area contributed by atoms with Crippen molar-refractivity contribution in [2.75, 3.05) is 19.3 Å². The molecule has 0 spiro atoms. The molecule has 1 aliphatic rings. The van der Waals surface area contributed by atoms with E-state index in [2.05, 4.69) is 4.72 Å². The molecule has 1 fully saturated rings. The van der Waals surface area contributed by atoms with Crippen LogP contribution in [0.2, 0.25) is 0 Å². The highest BCUT2D eigenvalue weighted by molar-refractivity contribution is 7.92. The first-order valence-electron chi connectivity index (χ1n) is 11.7. The lowest BCUT2D eigenvalue weighted by atomic mass is 9.85. The van der Waals surface area contributed by atoms with Gasteiger partial charge in [0.25, 0.3) is 0 Å². The lowest BCUT2D eigenvalue weighted by molar-refractivity contribution is -0.137. The van der Waals surface area contributed by atoms with Gasteiger partial charge in [0, 0.05) is 13.1 Å². The predicted octanol–water partition coefficient (Wildman–Crippen LogP) is 3.66. The number of nitrogens with one attached hydrogen (secondary N) is 1. The van der Waals surface area contributed by atoms with Crippen LogP contribution in [-0.4, -0.2) is 57.8 Å². The molecule has 0 radical (unpaired) electrons. The molecule has 37 heavy (non-hydrogen) atoms. The summed E-state index contributed by atoms with van der Waals surface area (Å²) >= 11 is 0. The summed E-state index contributed by atoms with van der Waals surface area (Å²) in [5, 5.41) is 0. The van der Waals surface area contributed by atoms with Gasteiger partial charge in [0.2, 0.25) is 15.9 Å². The fourth-order valence-electron chi connectivity index (χ4n) is 4.67. The van der Waals surface area contributed by atoms with Crippen molar-refractivity contribution in [1.29, 1.82) is 0 Å². The van der Waals surface area contributed by atoms with Gasteiger partial charge in [-0.25, -0.2) is 21.6 Å². The van der Waals surface area contributed by atoms with Crippen LogP contribution >= 0.6 is 0 Å². The zero-order chi connectivity index (χ0) is 27.6. The van der Waals surface area contributed by atoms with Crippen molar-refractivity contribution < 1.29 is 34.8 Å². The van der Waals surface area contributed by atoms with Crippen LogP contribution in [0.5, 0.6) is 0 Å². The molecule has 1 heterocycles. The first kappa shape index (κ1) is 29.1. The van der Waals surface area contributed by atoms with E-state index in [0.29, 0.717) is 18.9 Å². The van der Waals surface area contributed by atoms with Crippen molar-refractivity contribution in [2.45, 2.75) is 55.0 Å². The molecule has 7 nitrogen and oxygen atoms in total. The van der Waals surface area contributed by atoms with Gasteiger partial charge >= 0.3 is 6.18 Å². The summed E-state index contributed by atoms with van der Waals surface area (Å²) in [5.41, 5.74) is -0.257. The van der Waals surface area contributed by atoms with Crippen LogP contribution in [0.1, 0.15) is 37.8 Å². The zero-order valence-corrected chi connectivity index (χ0v) is 22.5. The Morgan fingerprint density at radius 2 is 1.59 bits per heavy atom. The van der Waals surface area contributed by atoms with Gasteiger partial charge in [-0.2, -0.15) is 13.2 Å². The fourth-order valence-corrected chi connectivity index (χ4v) is 7.19. The van der Waals surface area contributed by atoms with Crippen molar-refractivity contribution in [3.63, 3.8) is 0 Å². The Kier molecular flexibility index (Phi) is 8.45. The highest BCUT2D eigenvalue weighted by Gasteiger charge is 2.45. The molecule has 0 aliphatic carbocycles. The second kappa shape index (κ2) is 10.7. The van der Waals surface area contributed by atoms with Gasteiger partial charge in [0.1, 0.15) is 6.04 Å². The zero-order valence-electron chi connectivity index (χ0n) is 20.8. The number of carbonyl (C=O) groups excluding carboxylic acids is 1. The fraction of sp³-hybridized carbons (Fsp3) is 0.480. The van der Waals surface area contributed by atoms with Gasteiger partial charge in [-0.05, 0) is 62.8 Å². The number of sulfonamides is 1. The van der Waals surface area contributed by atoms with Gasteiger partial charge in [-0.3, -0.25) is 4.79 Å². The summed E-state index contributed by atoms with van der Waals surface area (Å²) in [5.74, 6) is -0.835. The molecule has 0 unspecified atom stereocenters. The molecule has 1 atom stereocenters. The molecule has 1 amide bonds. The summed E-state index contributed by atoms with van der Waals surface area (Å²) < 4.78 is 91.1. The Labute approximate surface area is 216 Å². The van der Waals surface area contributed by atoms with Crippen molar-refractivity contribution in [2.24, 2.45) is 5.92 Å². The van der Waals surface area contributed by atoms with E-state index >= 15 is 0 Å². The number of rotatable bonds is 8. The number of benzene rings is 2. The Bertz CT molecular complexity index is 1320. The Morgan fingerprint density at radius 3 is 2.14 bits per heavy atom. The predicted molar refractivity (Wildman–Crippen MR) is 134 cm³/mol. The standard InChI is InChI=1S/C25H31F3N2O5S2/c1-24(2,37(34,35)21-11-7-10-20(17-21)25(26,27)28)19-12-14-30(15-13-19)23(31)22(29-36(3,32)33)16-18-8-5-4-6-9-18/h4-11,17,19,22,29H,12-16H2,1-3H3/t22-/m1/s1. The summed E-state index contributed by atoms with van der Waals surface area (Å²) in [7, 11) is -7.82. The average Bonchev–Trinajstić information content (AvgIpc) is 2.82. The van der Waals surface area contributed by atoms with E-state index in [0.717, 1.165) is 30.0 Å². The van der Waals surface area contributed by atoms with Gasteiger partial charge in [-0.1, -0.05) is 36.4 Å². The van der Waals surface area contributed by atoms with Gasteiger partial charge in [0.15, 0.2) is 9.84 Å². The number of likely N-dealkylation sites (tertiary alicyclic amines) is 1. The van der Waals surface area contributed by atoms with Gasteiger partial charge < -0.3 is 4.90 Å². The van der Waals surface area contributed by atoms with Crippen molar-refractivity contribution in [1.82, 2.24) is 9.62 Å². The molecule has 0 bridgehead atoms. The SMILES string of the molecule is CC(C)(C1CCN(C(=O)[C@@H](Cc2ccccc2)NS(C)(=O)=O)CC1)S(=O)(=O)c1cccc(C(F)(F)F)c1. The van der Waals surface area contributed by atoms with E-state index < -0.39 is 59.1 Å². The van der Waals surface area contributed by atoms with Gasteiger partial charge in [-0.15, -0.1) is 0 Å². The van der Waals surface area contributed by atoms with Crippen LogP contribution in [0, 0.1) is 5.92 Å². The van der Waals surface area contributed by atoms with Crippen LogP contribution in [0.15, 0.2) is 59.5 Å². The molecule has 0 aromatic heterocycles. The van der Waals surface area contributed by atoms with E-state index in [4.69, 9.17) is 0 Å². The van der Waals surface area contributed by atoms with Crippen molar-refractivity contribution >= 4 is 25.8 Å². The van der Waals surface area contributed by atoms with Crippen LogP contribution in [0.4, 0.5) is 13.2 Å². The van der Waals surface area contributed by atoms with Crippen molar-refractivity contribution in [3.8, 4) is 0 Å². The first-order chi connectivity index (χ1) is 17.0. The summed E-state index contributed by atoms with van der Waals surface area (Å²) in [6.07, 6.45) is -2.94. The molecule has 1 N–H and O–H groups in total. The third kappa shape index (κ3) is 6.91. The first-order valence-corrected chi connectivity index (χ1v) is 15.1. The Morgan fingerprint density at radius 1 is 1.00 bits per heavy atom. The maximum absolute atomic E-state index is 13.4. The number of nitrogens with zero attached hydrogens (tertiary/aromatic N) is 1.